The summed E-state index contributed by atoms with van der Waals surface area (Å²) in [5, 5.41) is 3.05. The lowest BCUT2D eigenvalue weighted by molar-refractivity contribution is -0.124. The largest absolute Gasteiger partial charge is 0.352 e. The van der Waals surface area contributed by atoms with E-state index in [4.69, 9.17) is 5.73 Å². The van der Waals surface area contributed by atoms with E-state index in [0.29, 0.717) is 19.0 Å². The third kappa shape index (κ3) is 3.69. The van der Waals surface area contributed by atoms with Crippen LogP contribution >= 0.6 is 0 Å². The molecule has 1 unspecified atom stereocenters. The van der Waals surface area contributed by atoms with Crippen LogP contribution in [0.2, 0.25) is 0 Å². The highest BCUT2D eigenvalue weighted by atomic mass is 16.2. The van der Waals surface area contributed by atoms with Gasteiger partial charge >= 0.3 is 0 Å². The average molecular weight is 255 g/mol. The number of nitrogens with zero attached hydrogens (tertiary/aromatic N) is 1. The Morgan fingerprint density at radius 1 is 1.33 bits per heavy atom. The van der Waals surface area contributed by atoms with E-state index < -0.39 is 0 Å². The van der Waals surface area contributed by atoms with E-state index in [2.05, 4.69) is 31.0 Å². The lowest BCUT2D eigenvalue weighted by atomic mass is 9.95. The molecule has 0 bridgehead atoms. The highest BCUT2D eigenvalue weighted by Crippen LogP contribution is 2.33. The van der Waals surface area contributed by atoms with E-state index in [1.807, 2.05) is 7.05 Å². The van der Waals surface area contributed by atoms with Crippen molar-refractivity contribution in [3.05, 3.63) is 0 Å². The Bertz CT molecular complexity index is 272. The molecule has 0 aromatic carbocycles. The van der Waals surface area contributed by atoms with E-state index in [-0.39, 0.29) is 17.5 Å². The third-order valence-corrected chi connectivity index (χ3v) is 4.49. The van der Waals surface area contributed by atoms with Crippen LogP contribution in [0.3, 0.4) is 0 Å². The quantitative estimate of drug-likeness (QED) is 0.753. The van der Waals surface area contributed by atoms with Crippen LogP contribution in [-0.2, 0) is 4.79 Å². The molecule has 4 nitrogen and oxygen atoms in total. The molecule has 1 aliphatic rings. The number of rotatable bonds is 6. The molecule has 0 saturated heterocycles. The van der Waals surface area contributed by atoms with Crippen LogP contribution in [0.25, 0.3) is 0 Å². The predicted molar refractivity (Wildman–Crippen MR) is 75.3 cm³/mol. The number of hydrogen-bond acceptors (Lipinski definition) is 3. The van der Waals surface area contributed by atoms with Gasteiger partial charge in [0.1, 0.15) is 0 Å². The number of carbonyl (C=O) groups is 1. The maximum Gasteiger partial charge on any atom is 0.234 e. The molecule has 0 aromatic heterocycles. The molecular formula is C14H29N3O. The standard InChI is InChI=1S/C14H29N3O/c1-11(2)12(3)16-13(18)9-17(4)14(10-15)7-5-6-8-14/h11-12H,5-10,15H2,1-4H3,(H,16,18). The zero-order valence-corrected chi connectivity index (χ0v) is 12.3. The normalized spacial score (nSPS) is 20.4. The predicted octanol–water partition coefficient (Wildman–Crippen LogP) is 1.35. The SMILES string of the molecule is CC(C)C(C)NC(=O)CN(C)C1(CN)CCCC1. The molecule has 1 fully saturated rings. The van der Waals surface area contributed by atoms with Crippen LogP contribution in [0.4, 0.5) is 0 Å². The summed E-state index contributed by atoms with van der Waals surface area (Å²) >= 11 is 0. The average Bonchev–Trinajstić information content (AvgIpc) is 2.78. The highest BCUT2D eigenvalue weighted by molar-refractivity contribution is 5.78. The molecule has 1 atom stereocenters. The van der Waals surface area contributed by atoms with Crippen molar-refractivity contribution in [2.45, 2.75) is 58.0 Å². The van der Waals surface area contributed by atoms with Crippen molar-refractivity contribution in [2.75, 3.05) is 20.1 Å². The minimum atomic E-state index is 0.0540. The van der Waals surface area contributed by atoms with Crippen molar-refractivity contribution in [3.8, 4) is 0 Å². The molecule has 106 valence electrons. The van der Waals surface area contributed by atoms with Crippen LogP contribution in [0, 0.1) is 5.92 Å². The van der Waals surface area contributed by atoms with Gasteiger partial charge in [0.25, 0.3) is 0 Å². The van der Waals surface area contributed by atoms with Gasteiger partial charge in [-0.25, -0.2) is 0 Å². The lowest BCUT2D eigenvalue weighted by Gasteiger charge is -2.37. The van der Waals surface area contributed by atoms with Gasteiger partial charge in [0.2, 0.25) is 5.91 Å². The Morgan fingerprint density at radius 2 is 1.89 bits per heavy atom. The summed E-state index contributed by atoms with van der Waals surface area (Å²) in [4.78, 5) is 14.1. The molecule has 0 heterocycles. The fraction of sp³-hybridized carbons (Fsp3) is 0.929. The van der Waals surface area contributed by atoms with Gasteiger partial charge in [-0.1, -0.05) is 26.7 Å². The van der Waals surface area contributed by atoms with Crippen molar-refractivity contribution in [3.63, 3.8) is 0 Å². The van der Waals surface area contributed by atoms with Gasteiger partial charge in [-0.15, -0.1) is 0 Å². The molecule has 1 aliphatic carbocycles. The number of hydrogen-bond donors (Lipinski definition) is 2. The van der Waals surface area contributed by atoms with Crippen molar-refractivity contribution in [2.24, 2.45) is 11.7 Å². The van der Waals surface area contributed by atoms with Crippen molar-refractivity contribution < 1.29 is 4.79 Å². The second-order valence-corrected chi connectivity index (χ2v) is 6.09. The Labute approximate surface area is 111 Å². The molecular weight excluding hydrogens is 226 g/mol. The summed E-state index contributed by atoms with van der Waals surface area (Å²) in [7, 11) is 2.03. The maximum atomic E-state index is 12.0. The number of nitrogens with two attached hydrogens (primary N) is 1. The number of likely N-dealkylation sites (N-methyl/N-ethyl adjacent to an activating group) is 1. The van der Waals surface area contributed by atoms with E-state index in [1.54, 1.807) is 0 Å². The van der Waals surface area contributed by atoms with Gasteiger partial charge in [0.05, 0.1) is 6.54 Å². The first-order valence-electron chi connectivity index (χ1n) is 7.12. The fourth-order valence-corrected chi connectivity index (χ4v) is 2.62. The smallest absolute Gasteiger partial charge is 0.234 e. The summed E-state index contributed by atoms with van der Waals surface area (Å²) < 4.78 is 0. The van der Waals surface area contributed by atoms with Crippen LogP contribution < -0.4 is 11.1 Å². The molecule has 3 N–H and O–H groups in total. The molecule has 4 heteroatoms. The van der Waals surface area contributed by atoms with Gasteiger partial charge in [-0.3, -0.25) is 9.69 Å². The van der Waals surface area contributed by atoms with Crippen molar-refractivity contribution in [1.82, 2.24) is 10.2 Å². The molecule has 0 aliphatic heterocycles. The molecule has 1 rings (SSSR count). The second-order valence-electron chi connectivity index (χ2n) is 6.09. The number of carbonyl (C=O) groups excluding carboxylic acids is 1. The first-order chi connectivity index (χ1) is 8.41. The Hall–Kier alpha value is -0.610. The summed E-state index contributed by atoms with van der Waals surface area (Å²) in [6, 6.07) is 0.225. The Balaban J connectivity index is 2.48. The van der Waals surface area contributed by atoms with Gasteiger partial charge in [0.15, 0.2) is 0 Å². The molecule has 1 saturated carbocycles. The Kier molecular flexibility index (Phi) is 5.60. The molecule has 0 spiro atoms. The molecule has 0 radical (unpaired) electrons. The molecule has 18 heavy (non-hydrogen) atoms. The number of nitrogens with one attached hydrogen (secondary N) is 1. The summed E-state index contributed by atoms with van der Waals surface area (Å²) in [6.07, 6.45) is 4.69. The van der Waals surface area contributed by atoms with Crippen LogP contribution in [0.1, 0.15) is 46.5 Å². The van der Waals surface area contributed by atoms with Crippen LogP contribution in [-0.4, -0.2) is 42.5 Å². The minimum absolute atomic E-state index is 0.0540. The van der Waals surface area contributed by atoms with E-state index in [0.717, 1.165) is 12.8 Å². The van der Waals surface area contributed by atoms with Gasteiger partial charge in [-0.05, 0) is 32.7 Å². The Morgan fingerprint density at radius 3 is 2.33 bits per heavy atom. The monoisotopic (exact) mass is 255 g/mol. The lowest BCUT2D eigenvalue weighted by Crippen LogP contribution is -2.54. The van der Waals surface area contributed by atoms with Crippen molar-refractivity contribution in [1.29, 1.82) is 0 Å². The van der Waals surface area contributed by atoms with Gasteiger partial charge < -0.3 is 11.1 Å². The minimum Gasteiger partial charge on any atom is -0.352 e. The van der Waals surface area contributed by atoms with Crippen LogP contribution in [0.5, 0.6) is 0 Å². The topological polar surface area (TPSA) is 58.4 Å². The van der Waals surface area contributed by atoms with Crippen LogP contribution in [0.15, 0.2) is 0 Å². The summed E-state index contributed by atoms with van der Waals surface area (Å²) in [5.41, 5.74) is 5.98. The summed E-state index contributed by atoms with van der Waals surface area (Å²) in [6.45, 7) is 7.39. The van der Waals surface area contributed by atoms with E-state index in [1.165, 1.54) is 12.8 Å². The molecule has 0 aromatic rings. The summed E-state index contributed by atoms with van der Waals surface area (Å²) in [5.74, 6) is 0.577. The first kappa shape index (κ1) is 15.4. The number of amides is 1. The third-order valence-electron chi connectivity index (χ3n) is 4.49. The maximum absolute atomic E-state index is 12.0. The van der Waals surface area contributed by atoms with E-state index in [9.17, 15) is 4.79 Å². The molecule has 1 amide bonds. The van der Waals surface area contributed by atoms with Crippen molar-refractivity contribution >= 4 is 5.91 Å². The van der Waals surface area contributed by atoms with E-state index >= 15 is 0 Å². The van der Waals surface area contributed by atoms with Gasteiger partial charge in [0, 0.05) is 18.1 Å². The zero-order chi connectivity index (χ0) is 13.8. The second kappa shape index (κ2) is 6.53. The van der Waals surface area contributed by atoms with Gasteiger partial charge in [-0.2, -0.15) is 0 Å². The fourth-order valence-electron chi connectivity index (χ4n) is 2.62. The first-order valence-corrected chi connectivity index (χ1v) is 7.12. The zero-order valence-electron chi connectivity index (χ0n) is 12.3. The highest BCUT2D eigenvalue weighted by Gasteiger charge is 2.37.